The molecule has 1 aliphatic rings. The lowest BCUT2D eigenvalue weighted by Gasteiger charge is -2.29. The number of sulfone groups is 1. The highest BCUT2D eigenvalue weighted by Crippen LogP contribution is 2.23. The first-order valence-corrected chi connectivity index (χ1v) is 10.6. The molecular formula is C19H22N2O5S. The van der Waals surface area contributed by atoms with E-state index in [1.807, 2.05) is 12.1 Å². The van der Waals surface area contributed by atoms with E-state index in [-0.39, 0.29) is 4.90 Å². The fraction of sp³-hybridized carbons (Fsp3) is 0.368. The zero-order valence-corrected chi connectivity index (χ0v) is 15.9. The summed E-state index contributed by atoms with van der Waals surface area (Å²) in [5.74, 6) is 0.996. The molecule has 1 amide bonds. The van der Waals surface area contributed by atoms with E-state index in [2.05, 4.69) is 4.98 Å². The third-order valence-electron chi connectivity index (χ3n) is 4.69. The summed E-state index contributed by atoms with van der Waals surface area (Å²) in [6, 6.07) is 10.3. The highest BCUT2D eigenvalue weighted by molar-refractivity contribution is 7.90. The van der Waals surface area contributed by atoms with E-state index >= 15 is 0 Å². The van der Waals surface area contributed by atoms with E-state index in [0.717, 1.165) is 24.1 Å². The summed E-state index contributed by atoms with van der Waals surface area (Å²) in [5, 5.41) is 8.96. The summed E-state index contributed by atoms with van der Waals surface area (Å²) in [5.41, 5.74) is 1.56. The molecule has 0 bridgehead atoms. The Bertz CT molecular complexity index is 887. The van der Waals surface area contributed by atoms with Gasteiger partial charge in [0.1, 0.15) is 5.75 Å². The van der Waals surface area contributed by atoms with Crippen LogP contribution in [0.4, 0.5) is 4.79 Å². The molecule has 7 nitrogen and oxygen atoms in total. The molecule has 0 unspecified atom stereocenters. The molecule has 0 atom stereocenters. The highest BCUT2D eigenvalue weighted by atomic mass is 32.2. The molecular weight excluding hydrogens is 368 g/mol. The van der Waals surface area contributed by atoms with Gasteiger partial charge >= 0.3 is 6.09 Å². The van der Waals surface area contributed by atoms with Crippen molar-refractivity contribution in [2.75, 3.05) is 26.0 Å². The molecule has 1 saturated heterocycles. The minimum atomic E-state index is -3.21. The van der Waals surface area contributed by atoms with E-state index in [0.29, 0.717) is 31.4 Å². The van der Waals surface area contributed by atoms with Gasteiger partial charge in [0.25, 0.3) is 0 Å². The third-order valence-corrected chi connectivity index (χ3v) is 5.81. The first kappa shape index (κ1) is 19.2. The smallest absolute Gasteiger partial charge is 0.407 e. The zero-order chi connectivity index (χ0) is 19.4. The van der Waals surface area contributed by atoms with Crippen LogP contribution in [0.2, 0.25) is 0 Å². The Morgan fingerprint density at radius 1 is 1.19 bits per heavy atom. The predicted molar refractivity (Wildman–Crippen MR) is 101 cm³/mol. The lowest BCUT2D eigenvalue weighted by molar-refractivity contribution is 0.111. The fourth-order valence-electron chi connectivity index (χ4n) is 3.01. The number of pyridine rings is 1. The number of piperidine rings is 1. The number of rotatable bonds is 5. The second kappa shape index (κ2) is 7.96. The number of carboxylic acid groups (broad SMARTS) is 1. The summed E-state index contributed by atoms with van der Waals surface area (Å²) < 4.78 is 28.8. The number of nitrogens with zero attached hydrogens (tertiary/aromatic N) is 2. The van der Waals surface area contributed by atoms with Gasteiger partial charge in [0.05, 0.1) is 23.4 Å². The van der Waals surface area contributed by atoms with Gasteiger partial charge in [0.2, 0.25) is 0 Å². The maximum Gasteiger partial charge on any atom is 0.407 e. The van der Waals surface area contributed by atoms with Gasteiger partial charge in [-0.05, 0) is 43.0 Å². The summed E-state index contributed by atoms with van der Waals surface area (Å²) >= 11 is 0. The lowest BCUT2D eigenvalue weighted by atomic mass is 9.98. The van der Waals surface area contributed by atoms with Gasteiger partial charge in [-0.25, -0.2) is 13.2 Å². The van der Waals surface area contributed by atoms with Crippen LogP contribution in [0.15, 0.2) is 47.5 Å². The maximum absolute atomic E-state index is 11.5. The van der Waals surface area contributed by atoms with Gasteiger partial charge in [-0.15, -0.1) is 0 Å². The molecule has 2 aromatic rings. The van der Waals surface area contributed by atoms with E-state index in [1.165, 1.54) is 11.2 Å². The van der Waals surface area contributed by atoms with Crippen molar-refractivity contribution in [3.63, 3.8) is 0 Å². The molecule has 0 saturated carbocycles. The van der Waals surface area contributed by atoms with Gasteiger partial charge in [-0.1, -0.05) is 12.1 Å². The van der Waals surface area contributed by atoms with Crippen LogP contribution in [0.25, 0.3) is 11.3 Å². The normalized spacial score (nSPS) is 15.5. The van der Waals surface area contributed by atoms with Crippen molar-refractivity contribution in [2.24, 2.45) is 5.92 Å². The minimum absolute atomic E-state index is 0.278. The molecule has 0 aliphatic carbocycles. The average molecular weight is 390 g/mol. The molecule has 1 fully saturated rings. The van der Waals surface area contributed by atoms with Gasteiger partial charge in [0, 0.05) is 24.9 Å². The summed E-state index contributed by atoms with van der Waals surface area (Å²) in [7, 11) is -3.21. The molecule has 1 aromatic heterocycles. The molecule has 1 aromatic carbocycles. The van der Waals surface area contributed by atoms with Gasteiger partial charge in [-0.3, -0.25) is 4.98 Å². The monoisotopic (exact) mass is 390 g/mol. The maximum atomic E-state index is 11.5. The third kappa shape index (κ3) is 4.97. The summed E-state index contributed by atoms with van der Waals surface area (Å²) in [6.07, 6.45) is 3.55. The topological polar surface area (TPSA) is 96.8 Å². The van der Waals surface area contributed by atoms with Crippen molar-refractivity contribution in [3.05, 3.63) is 42.6 Å². The van der Waals surface area contributed by atoms with E-state index in [4.69, 9.17) is 9.84 Å². The van der Waals surface area contributed by atoms with Crippen LogP contribution >= 0.6 is 0 Å². The number of hydrogen-bond donors (Lipinski definition) is 1. The lowest BCUT2D eigenvalue weighted by Crippen LogP contribution is -2.38. The number of hydrogen-bond acceptors (Lipinski definition) is 5. The Morgan fingerprint density at radius 2 is 1.85 bits per heavy atom. The number of benzene rings is 1. The Labute approximate surface area is 158 Å². The molecule has 8 heteroatoms. The zero-order valence-electron chi connectivity index (χ0n) is 15.0. The average Bonchev–Trinajstić information content (AvgIpc) is 2.66. The van der Waals surface area contributed by atoms with Crippen LogP contribution < -0.4 is 4.74 Å². The van der Waals surface area contributed by atoms with E-state index in [9.17, 15) is 13.2 Å². The van der Waals surface area contributed by atoms with Crippen molar-refractivity contribution >= 4 is 15.9 Å². The van der Waals surface area contributed by atoms with Crippen LogP contribution in [-0.2, 0) is 9.84 Å². The fourth-order valence-corrected chi connectivity index (χ4v) is 3.64. The summed E-state index contributed by atoms with van der Waals surface area (Å²) in [6.45, 7) is 1.63. The Morgan fingerprint density at radius 3 is 2.37 bits per heavy atom. The van der Waals surface area contributed by atoms with Crippen LogP contribution in [0.5, 0.6) is 5.75 Å². The van der Waals surface area contributed by atoms with Crippen molar-refractivity contribution < 1.29 is 23.1 Å². The second-order valence-corrected chi connectivity index (χ2v) is 8.72. The molecule has 2 heterocycles. The van der Waals surface area contributed by atoms with Crippen molar-refractivity contribution in [3.8, 4) is 17.0 Å². The standard InChI is InChI=1S/C19H22N2O5S/c1-27(24,25)17-5-2-15(3-6-17)18-7-4-16(12-20-18)26-13-14-8-10-21(11-9-14)19(22)23/h2-7,12,14H,8-11,13H2,1H3,(H,22,23). The second-order valence-electron chi connectivity index (χ2n) is 6.70. The number of aromatic nitrogens is 1. The first-order valence-electron chi connectivity index (χ1n) is 8.70. The molecule has 1 N–H and O–H groups in total. The number of likely N-dealkylation sites (tertiary alicyclic amines) is 1. The SMILES string of the molecule is CS(=O)(=O)c1ccc(-c2ccc(OCC3CCN(C(=O)O)CC3)cn2)cc1. The molecule has 144 valence electrons. The molecule has 0 spiro atoms. The largest absolute Gasteiger partial charge is 0.492 e. The minimum Gasteiger partial charge on any atom is -0.492 e. The quantitative estimate of drug-likeness (QED) is 0.843. The first-order chi connectivity index (χ1) is 12.8. The number of amides is 1. The van der Waals surface area contributed by atoms with Crippen molar-refractivity contribution in [1.82, 2.24) is 9.88 Å². The Balaban J connectivity index is 1.55. The van der Waals surface area contributed by atoms with E-state index in [1.54, 1.807) is 30.5 Å². The highest BCUT2D eigenvalue weighted by Gasteiger charge is 2.22. The van der Waals surface area contributed by atoms with Crippen molar-refractivity contribution in [2.45, 2.75) is 17.7 Å². The van der Waals surface area contributed by atoms with Crippen LogP contribution in [0.1, 0.15) is 12.8 Å². The predicted octanol–water partition coefficient (Wildman–Crippen LogP) is 2.92. The van der Waals surface area contributed by atoms with Crippen LogP contribution in [-0.4, -0.2) is 55.5 Å². The Hall–Kier alpha value is -2.61. The Kier molecular flexibility index (Phi) is 5.65. The molecule has 27 heavy (non-hydrogen) atoms. The van der Waals surface area contributed by atoms with Gasteiger partial charge in [0.15, 0.2) is 9.84 Å². The van der Waals surface area contributed by atoms with E-state index < -0.39 is 15.9 Å². The van der Waals surface area contributed by atoms with Crippen LogP contribution in [0, 0.1) is 5.92 Å². The van der Waals surface area contributed by atoms with Crippen molar-refractivity contribution in [1.29, 1.82) is 0 Å². The van der Waals surface area contributed by atoms with Crippen LogP contribution in [0.3, 0.4) is 0 Å². The molecule has 0 radical (unpaired) electrons. The summed E-state index contributed by atoms with van der Waals surface area (Å²) in [4.78, 5) is 17.0. The number of ether oxygens (including phenoxy) is 1. The molecule has 3 rings (SSSR count). The van der Waals surface area contributed by atoms with Gasteiger partial charge in [-0.2, -0.15) is 0 Å². The van der Waals surface area contributed by atoms with Gasteiger partial charge < -0.3 is 14.7 Å². The number of carbonyl (C=O) groups is 1. The molecule has 1 aliphatic heterocycles.